The summed E-state index contributed by atoms with van der Waals surface area (Å²) in [7, 11) is 0. The van der Waals surface area contributed by atoms with E-state index in [0.29, 0.717) is 18.2 Å². The maximum atomic E-state index is 11.8. The van der Waals surface area contributed by atoms with Crippen LogP contribution in [-0.4, -0.2) is 45.1 Å². The highest BCUT2D eigenvalue weighted by Gasteiger charge is 2.11. The number of amides is 1. The van der Waals surface area contributed by atoms with Gasteiger partial charge in [0.1, 0.15) is 0 Å². The van der Waals surface area contributed by atoms with E-state index in [2.05, 4.69) is 25.7 Å². The number of nitrogens with zero attached hydrogens (tertiary/aromatic N) is 4. The average Bonchev–Trinajstić information content (AvgIpc) is 3.08. The van der Waals surface area contributed by atoms with Crippen molar-refractivity contribution in [2.24, 2.45) is 5.10 Å². The summed E-state index contributed by atoms with van der Waals surface area (Å²) in [4.78, 5) is 26.9. The van der Waals surface area contributed by atoms with E-state index in [4.69, 9.17) is 9.15 Å². The first-order valence-corrected chi connectivity index (χ1v) is 8.41. The highest BCUT2D eigenvalue weighted by Crippen LogP contribution is 2.22. The van der Waals surface area contributed by atoms with Gasteiger partial charge in [-0.15, -0.1) is 10.2 Å². The minimum absolute atomic E-state index is 0.0280. The van der Waals surface area contributed by atoms with Crippen molar-refractivity contribution in [3.8, 4) is 11.5 Å². The minimum Gasteiger partial charge on any atom is -0.466 e. The van der Waals surface area contributed by atoms with Gasteiger partial charge < -0.3 is 9.15 Å². The molecule has 0 spiro atoms. The molecular weight excluding hydrogens is 346 g/mol. The van der Waals surface area contributed by atoms with Gasteiger partial charge in [-0.2, -0.15) is 5.10 Å². The third-order valence-electron chi connectivity index (χ3n) is 2.74. The lowest BCUT2D eigenvalue weighted by Gasteiger charge is -2.02. The summed E-state index contributed by atoms with van der Waals surface area (Å²) in [5.74, 6) is -0.332. The first kappa shape index (κ1) is 18.6. The van der Waals surface area contributed by atoms with E-state index < -0.39 is 0 Å². The number of nitrogens with one attached hydrogen (secondary N) is 1. The molecule has 0 radical (unpaired) electrons. The molecule has 2 heterocycles. The van der Waals surface area contributed by atoms with E-state index >= 15 is 0 Å². The van der Waals surface area contributed by atoms with Gasteiger partial charge >= 0.3 is 5.97 Å². The molecule has 0 fully saturated rings. The lowest BCUT2D eigenvalue weighted by Crippen LogP contribution is -2.22. The van der Waals surface area contributed by atoms with E-state index in [0.717, 1.165) is 17.3 Å². The van der Waals surface area contributed by atoms with Crippen LogP contribution in [0.3, 0.4) is 0 Å². The number of hydrazone groups is 1. The second-order valence-electron chi connectivity index (χ2n) is 4.76. The molecule has 10 heteroatoms. The zero-order valence-corrected chi connectivity index (χ0v) is 14.6. The molecule has 1 amide bonds. The predicted octanol–water partition coefficient (Wildman–Crippen LogP) is 1.67. The number of hydrogen-bond acceptors (Lipinski definition) is 9. The molecule has 2 aromatic heterocycles. The highest BCUT2D eigenvalue weighted by atomic mass is 32.2. The lowest BCUT2D eigenvalue weighted by molar-refractivity contribution is -0.141. The smallest absolute Gasteiger partial charge is 0.311 e. The van der Waals surface area contributed by atoms with E-state index in [9.17, 15) is 9.59 Å². The minimum atomic E-state index is -0.387. The average molecular weight is 363 g/mol. The van der Waals surface area contributed by atoms with E-state index in [1.165, 1.54) is 0 Å². The number of thioether (sulfide) groups is 1. The maximum absolute atomic E-state index is 11.8. The summed E-state index contributed by atoms with van der Waals surface area (Å²) in [6.07, 6.45) is 3.27. The number of aromatic nitrogens is 3. The molecule has 2 rings (SSSR count). The Morgan fingerprint density at radius 2 is 2.08 bits per heavy atom. The third kappa shape index (κ3) is 6.34. The molecule has 2 aromatic rings. The van der Waals surface area contributed by atoms with Gasteiger partial charge in [-0.25, -0.2) is 5.43 Å². The van der Waals surface area contributed by atoms with E-state index in [1.807, 2.05) is 0 Å². The molecule has 0 atom stereocenters. The molecule has 0 aliphatic rings. The molecule has 0 saturated heterocycles. The van der Waals surface area contributed by atoms with E-state index in [-0.39, 0.29) is 29.3 Å². The third-order valence-corrected chi connectivity index (χ3v) is 3.56. The summed E-state index contributed by atoms with van der Waals surface area (Å²) >= 11 is 1.09. The summed E-state index contributed by atoms with van der Waals surface area (Å²) in [5.41, 5.74) is 3.56. The zero-order chi connectivity index (χ0) is 18.1. The maximum Gasteiger partial charge on any atom is 0.311 e. The number of hydrogen-bond donors (Lipinski definition) is 1. The van der Waals surface area contributed by atoms with Crippen molar-refractivity contribution in [1.29, 1.82) is 0 Å². The predicted molar refractivity (Wildman–Crippen MR) is 90.8 cm³/mol. The van der Waals surface area contributed by atoms with Crippen LogP contribution in [0.15, 0.2) is 39.3 Å². The van der Waals surface area contributed by atoms with Crippen LogP contribution in [0.2, 0.25) is 0 Å². The van der Waals surface area contributed by atoms with Crippen molar-refractivity contribution < 1.29 is 18.7 Å². The van der Waals surface area contributed by atoms with Gasteiger partial charge in [0.2, 0.25) is 5.89 Å². The molecule has 0 aliphatic heterocycles. The summed E-state index contributed by atoms with van der Waals surface area (Å²) < 4.78 is 10.3. The van der Waals surface area contributed by atoms with Crippen molar-refractivity contribution in [2.45, 2.75) is 25.5 Å². The van der Waals surface area contributed by atoms with Crippen molar-refractivity contribution >= 4 is 29.4 Å². The molecule has 0 saturated carbocycles. The summed E-state index contributed by atoms with van der Waals surface area (Å²) in [6.45, 7) is 3.66. The molecule has 25 heavy (non-hydrogen) atoms. The van der Waals surface area contributed by atoms with Crippen LogP contribution in [0.25, 0.3) is 11.5 Å². The SMILES string of the molecule is CCOC(=O)CC(C)=NNC(=O)CSc1nnc(-c2ccncc2)o1. The van der Waals surface area contributed by atoms with Crippen LogP contribution in [-0.2, 0) is 14.3 Å². The van der Waals surface area contributed by atoms with Gasteiger partial charge in [0, 0.05) is 23.7 Å². The highest BCUT2D eigenvalue weighted by molar-refractivity contribution is 7.99. The molecule has 132 valence electrons. The van der Waals surface area contributed by atoms with Gasteiger partial charge in [0.25, 0.3) is 11.1 Å². The van der Waals surface area contributed by atoms with Gasteiger partial charge in [0.15, 0.2) is 0 Å². The normalized spacial score (nSPS) is 11.2. The standard InChI is InChI=1S/C15H17N5O4S/c1-3-23-13(22)8-10(2)17-18-12(21)9-25-15-20-19-14(24-15)11-4-6-16-7-5-11/h4-7H,3,8-9H2,1-2H3,(H,18,21). The number of esters is 1. The van der Waals surface area contributed by atoms with Crippen molar-refractivity contribution in [2.75, 3.05) is 12.4 Å². The van der Waals surface area contributed by atoms with Crippen LogP contribution in [0.5, 0.6) is 0 Å². The molecule has 0 bridgehead atoms. The molecule has 1 N–H and O–H groups in total. The van der Waals surface area contributed by atoms with Gasteiger partial charge in [-0.05, 0) is 26.0 Å². The molecular formula is C15H17N5O4S. The van der Waals surface area contributed by atoms with Crippen LogP contribution < -0.4 is 5.43 Å². The van der Waals surface area contributed by atoms with Gasteiger partial charge in [0.05, 0.1) is 18.8 Å². The fourth-order valence-electron chi connectivity index (χ4n) is 1.66. The first-order valence-electron chi connectivity index (χ1n) is 7.42. The number of carbonyl (C=O) groups excluding carboxylic acids is 2. The van der Waals surface area contributed by atoms with Crippen LogP contribution in [0, 0.1) is 0 Å². The zero-order valence-electron chi connectivity index (χ0n) is 13.8. The Balaban J connectivity index is 1.79. The topological polar surface area (TPSA) is 120 Å². The Bertz CT molecular complexity index is 747. The Kier molecular flexibility index (Phi) is 7.08. The fraction of sp³-hybridized carbons (Fsp3) is 0.333. The van der Waals surface area contributed by atoms with Gasteiger partial charge in [-0.1, -0.05) is 11.8 Å². The molecule has 0 aliphatic carbocycles. The Labute approximate surface area is 148 Å². The van der Waals surface area contributed by atoms with E-state index in [1.54, 1.807) is 38.4 Å². The first-order chi connectivity index (χ1) is 12.1. The molecule has 9 nitrogen and oxygen atoms in total. The summed E-state index contributed by atoms with van der Waals surface area (Å²) in [5, 5.41) is 11.9. The number of ether oxygens (including phenoxy) is 1. The van der Waals surface area contributed by atoms with Crippen LogP contribution in [0.4, 0.5) is 0 Å². The van der Waals surface area contributed by atoms with Crippen LogP contribution >= 0.6 is 11.8 Å². The number of rotatable bonds is 8. The van der Waals surface area contributed by atoms with Crippen molar-refractivity contribution in [3.05, 3.63) is 24.5 Å². The fourth-order valence-corrected chi connectivity index (χ4v) is 2.21. The number of pyridine rings is 1. The van der Waals surface area contributed by atoms with Gasteiger partial charge in [-0.3, -0.25) is 14.6 Å². The quantitative estimate of drug-likeness (QED) is 0.325. The van der Waals surface area contributed by atoms with Crippen molar-refractivity contribution in [1.82, 2.24) is 20.6 Å². The Morgan fingerprint density at radius 1 is 1.32 bits per heavy atom. The monoisotopic (exact) mass is 363 g/mol. The molecule has 0 unspecified atom stereocenters. The Morgan fingerprint density at radius 3 is 2.80 bits per heavy atom. The second kappa shape index (κ2) is 9.52. The summed E-state index contributed by atoms with van der Waals surface area (Å²) in [6, 6.07) is 3.49. The van der Waals surface area contributed by atoms with Crippen LogP contribution in [0.1, 0.15) is 20.3 Å². The molecule has 0 aromatic carbocycles. The lowest BCUT2D eigenvalue weighted by atomic mass is 10.3. The largest absolute Gasteiger partial charge is 0.466 e. The number of carbonyl (C=O) groups is 2. The van der Waals surface area contributed by atoms with Crippen molar-refractivity contribution in [3.63, 3.8) is 0 Å². The Hall–Kier alpha value is -2.75. The second-order valence-corrected chi connectivity index (χ2v) is 5.69.